The van der Waals surface area contributed by atoms with Gasteiger partial charge in [-0.05, 0) is 58.4 Å². The molecule has 0 saturated heterocycles. The van der Waals surface area contributed by atoms with E-state index in [-0.39, 0.29) is 17.9 Å². The third kappa shape index (κ3) is 5.44. The van der Waals surface area contributed by atoms with Crippen LogP contribution in [0.2, 0.25) is 0 Å². The molecule has 0 bridgehead atoms. The Morgan fingerprint density at radius 2 is 1.94 bits per heavy atom. The molecule has 2 aromatic rings. The number of ether oxygens (including phenoxy) is 1. The highest BCUT2D eigenvalue weighted by Gasteiger charge is 2.23. The second-order valence-corrected chi connectivity index (χ2v) is 7.97. The molecular formula is C23H27N3O4S. The fourth-order valence-corrected chi connectivity index (χ4v) is 4.12. The first kappa shape index (κ1) is 24.0. The van der Waals surface area contributed by atoms with Crippen LogP contribution in [0.1, 0.15) is 47.1 Å². The summed E-state index contributed by atoms with van der Waals surface area (Å²) in [5.74, 6) is -1.21. The van der Waals surface area contributed by atoms with Gasteiger partial charge in [0.05, 0.1) is 12.2 Å². The van der Waals surface area contributed by atoms with Crippen LogP contribution in [0.25, 0.3) is 6.08 Å². The molecule has 0 aliphatic carbocycles. The lowest BCUT2D eigenvalue weighted by Gasteiger charge is -2.21. The number of carbonyl (C=O) groups excluding carboxylic acids is 2. The summed E-state index contributed by atoms with van der Waals surface area (Å²) < 4.78 is 5.09. The van der Waals surface area contributed by atoms with E-state index < -0.39 is 11.9 Å². The van der Waals surface area contributed by atoms with Gasteiger partial charge >= 0.3 is 5.97 Å². The van der Waals surface area contributed by atoms with E-state index in [9.17, 15) is 20.0 Å². The first-order chi connectivity index (χ1) is 14.8. The number of hydrogen-bond acceptors (Lipinski definition) is 7. The molecule has 0 fully saturated rings. The lowest BCUT2D eigenvalue weighted by molar-refractivity contribution is -0.112. The van der Waals surface area contributed by atoms with Crippen LogP contribution in [-0.2, 0) is 9.53 Å². The Morgan fingerprint density at radius 3 is 2.48 bits per heavy atom. The van der Waals surface area contributed by atoms with Gasteiger partial charge in [-0.15, -0.1) is 11.3 Å². The topological polar surface area (TPSA) is 103 Å². The summed E-state index contributed by atoms with van der Waals surface area (Å²) in [6, 6.07) is 6.97. The fourth-order valence-electron chi connectivity index (χ4n) is 3.08. The van der Waals surface area contributed by atoms with Gasteiger partial charge in [0.15, 0.2) is 0 Å². The summed E-state index contributed by atoms with van der Waals surface area (Å²) in [5, 5.41) is 22.9. The number of amides is 1. The molecule has 8 heteroatoms. The van der Waals surface area contributed by atoms with Crippen molar-refractivity contribution in [1.29, 1.82) is 5.26 Å². The molecule has 0 atom stereocenters. The number of rotatable bonds is 8. The smallest absolute Gasteiger partial charge is 0.341 e. The summed E-state index contributed by atoms with van der Waals surface area (Å²) in [6.45, 7) is 11.2. The van der Waals surface area contributed by atoms with Gasteiger partial charge in [-0.2, -0.15) is 5.26 Å². The predicted octanol–water partition coefficient (Wildman–Crippen LogP) is 4.64. The van der Waals surface area contributed by atoms with Gasteiger partial charge in [0, 0.05) is 35.3 Å². The van der Waals surface area contributed by atoms with Gasteiger partial charge < -0.3 is 20.1 Å². The molecular weight excluding hydrogens is 414 g/mol. The number of anilines is 2. The monoisotopic (exact) mass is 441 g/mol. The lowest BCUT2D eigenvalue weighted by Crippen LogP contribution is -2.21. The summed E-state index contributed by atoms with van der Waals surface area (Å²) in [5.41, 5.74) is 2.04. The first-order valence-electron chi connectivity index (χ1n) is 10.0. The van der Waals surface area contributed by atoms with Crippen molar-refractivity contribution < 1.29 is 19.4 Å². The number of aryl methyl sites for hydroxylation is 1. The third-order valence-electron chi connectivity index (χ3n) is 4.90. The van der Waals surface area contributed by atoms with Gasteiger partial charge in [-0.3, -0.25) is 4.79 Å². The minimum absolute atomic E-state index is 0.0278. The Labute approximate surface area is 186 Å². The van der Waals surface area contributed by atoms with Crippen LogP contribution in [0.15, 0.2) is 23.8 Å². The van der Waals surface area contributed by atoms with Crippen molar-refractivity contribution >= 4 is 40.0 Å². The molecule has 164 valence electrons. The Balaban J connectivity index is 2.33. The van der Waals surface area contributed by atoms with Crippen LogP contribution in [-0.4, -0.2) is 36.7 Å². The number of nitriles is 1. The molecule has 1 aromatic heterocycles. The fraction of sp³-hybridized carbons (Fsp3) is 0.348. The number of nitrogens with one attached hydrogen (secondary N) is 1. The van der Waals surface area contributed by atoms with Crippen molar-refractivity contribution in [2.24, 2.45) is 0 Å². The zero-order chi connectivity index (χ0) is 23.1. The second kappa shape index (κ2) is 10.6. The van der Waals surface area contributed by atoms with E-state index in [1.807, 2.05) is 32.9 Å². The quantitative estimate of drug-likeness (QED) is 0.351. The third-order valence-corrected chi connectivity index (χ3v) is 6.02. The highest BCUT2D eigenvalue weighted by Crippen LogP contribution is 2.33. The van der Waals surface area contributed by atoms with E-state index in [0.29, 0.717) is 16.1 Å². The van der Waals surface area contributed by atoms with Crippen LogP contribution < -0.4 is 10.2 Å². The Kier molecular flexibility index (Phi) is 8.22. The molecule has 0 radical (unpaired) electrons. The number of thiophene rings is 1. The number of aromatic hydroxyl groups is 1. The summed E-state index contributed by atoms with van der Waals surface area (Å²) in [6.07, 6.45) is 1.33. The molecule has 31 heavy (non-hydrogen) atoms. The Morgan fingerprint density at radius 1 is 1.26 bits per heavy atom. The summed E-state index contributed by atoms with van der Waals surface area (Å²) in [7, 11) is 0. The first-order valence-corrected chi connectivity index (χ1v) is 10.9. The molecule has 0 aliphatic heterocycles. The van der Waals surface area contributed by atoms with Crippen molar-refractivity contribution in [3.8, 4) is 11.8 Å². The largest absolute Gasteiger partial charge is 0.507 e. The number of nitrogens with zero attached hydrogens (tertiary/aromatic N) is 2. The molecule has 2 N–H and O–H groups in total. The normalized spacial score (nSPS) is 11.0. The van der Waals surface area contributed by atoms with Crippen molar-refractivity contribution in [1.82, 2.24) is 0 Å². The average Bonchev–Trinajstić information content (AvgIpc) is 3.01. The molecule has 0 unspecified atom stereocenters. The highest BCUT2D eigenvalue weighted by molar-refractivity contribution is 7.16. The highest BCUT2D eigenvalue weighted by atomic mass is 32.1. The van der Waals surface area contributed by atoms with Crippen LogP contribution in [0.5, 0.6) is 5.75 Å². The van der Waals surface area contributed by atoms with E-state index >= 15 is 0 Å². The van der Waals surface area contributed by atoms with Crippen LogP contribution >= 0.6 is 11.3 Å². The number of phenolic OH excluding ortho intramolecular Hbond substituents is 1. The summed E-state index contributed by atoms with van der Waals surface area (Å²) >= 11 is 1.25. The molecule has 1 amide bonds. The molecule has 0 saturated carbocycles. The molecule has 1 heterocycles. The molecule has 0 aliphatic rings. The van der Waals surface area contributed by atoms with Gasteiger partial charge in [-0.1, -0.05) is 0 Å². The van der Waals surface area contributed by atoms with Crippen molar-refractivity contribution in [3.05, 3.63) is 45.3 Å². The molecule has 7 nitrogen and oxygen atoms in total. The molecule has 2 rings (SSSR count). The molecule has 1 aromatic carbocycles. The van der Waals surface area contributed by atoms with E-state index in [0.717, 1.165) is 29.2 Å². The van der Waals surface area contributed by atoms with E-state index in [2.05, 4.69) is 10.2 Å². The number of hydrogen-bond donors (Lipinski definition) is 2. The SMILES string of the molecule is CCOC(=O)c1c(NC(=O)/C(C#N)=C/c2ccc(N(CC)CC)cc2O)sc(C)c1C. The van der Waals surface area contributed by atoms with E-state index in [4.69, 9.17) is 4.74 Å². The van der Waals surface area contributed by atoms with Gasteiger partial charge in [0.1, 0.15) is 22.4 Å². The zero-order valence-corrected chi connectivity index (χ0v) is 19.2. The molecule has 0 spiro atoms. The van der Waals surface area contributed by atoms with Crippen LogP contribution in [0, 0.1) is 25.2 Å². The summed E-state index contributed by atoms with van der Waals surface area (Å²) in [4.78, 5) is 28.0. The second-order valence-electron chi connectivity index (χ2n) is 6.75. The maximum Gasteiger partial charge on any atom is 0.341 e. The van der Waals surface area contributed by atoms with Crippen molar-refractivity contribution in [2.75, 3.05) is 29.9 Å². The van der Waals surface area contributed by atoms with Gasteiger partial charge in [0.2, 0.25) is 0 Å². The Hall–Kier alpha value is -3.31. The van der Waals surface area contributed by atoms with Crippen LogP contribution in [0.3, 0.4) is 0 Å². The minimum Gasteiger partial charge on any atom is -0.507 e. The number of carbonyl (C=O) groups is 2. The predicted molar refractivity (Wildman–Crippen MR) is 124 cm³/mol. The average molecular weight is 442 g/mol. The van der Waals surface area contributed by atoms with Gasteiger partial charge in [-0.25, -0.2) is 4.79 Å². The lowest BCUT2D eigenvalue weighted by atomic mass is 10.1. The standard InChI is InChI=1S/C23H27N3O4S/c1-6-26(7-2)18-10-9-16(19(27)12-18)11-17(13-24)21(28)25-22-20(23(29)30-8-3)14(4)15(5)31-22/h9-12,27H,6-8H2,1-5H3,(H,25,28)/b17-11+. The number of benzene rings is 1. The minimum atomic E-state index is -0.665. The number of esters is 1. The van der Waals surface area contributed by atoms with Crippen molar-refractivity contribution in [3.63, 3.8) is 0 Å². The van der Waals surface area contributed by atoms with E-state index in [1.165, 1.54) is 17.4 Å². The Bertz CT molecular complexity index is 1050. The zero-order valence-electron chi connectivity index (χ0n) is 18.4. The maximum absolute atomic E-state index is 12.7. The van der Waals surface area contributed by atoms with E-state index in [1.54, 1.807) is 26.0 Å². The van der Waals surface area contributed by atoms with Crippen molar-refractivity contribution in [2.45, 2.75) is 34.6 Å². The maximum atomic E-state index is 12.7. The van der Waals surface area contributed by atoms with Gasteiger partial charge in [0.25, 0.3) is 5.91 Å². The van der Waals surface area contributed by atoms with Crippen LogP contribution in [0.4, 0.5) is 10.7 Å². The number of phenols is 1.